The van der Waals surface area contributed by atoms with Crippen molar-refractivity contribution in [2.75, 3.05) is 13.2 Å². The van der Waals surface area contributed by atoms with E-state index in [2.05, 4.69) is 10.3 Å². The van der Waals surface area contributed by atoms with Crippen molar-refractivity contribution in [3.8, 4) is 5.75 Å². The van der Waals surface area contributed by atoms with E-state index in [-0.39, 0.29) is 36.0 Å². The van der Waals surface area contributed by atoms with Crippen LogP contribution in [0.4, 0.5) is 8.78 Å². The van der Waals surface area contributed by atoms with Crippen LogP contribution in [0.15, 0.2) is 28.9 Å². The standard InChI is InChI=1S/C17H18F2N2O4/c18-11-3-1-4-13(15(11)19)24-8-14-21-12(7-25-14)16(23)20-9-17(10-22)5-2-6-17/h1,3-4,7,22H,2,5-6,8-10H2,(H,20,23). The van der Waals surface area contributed by atoms with Gasteiger partial charge in [0, 0.05) is 12.0 Å². The lowest BCUT2D eigenvalue weighted by Gasteiger charge is -2.40. The van der Waals surface area contributed by atoms with E-state index >= 15 is 0 Å². The number of nitrogens with zero attached hydrogens (tertiary/aromatic N) is 1. The molecule has 1 fully saturated rings. The largest absolute Gasteiger partial charge is 0.481 e. The van der Waals surface area contributed by atoms with Gasteiger partial charge in [-0.3, -0.25) is 4.79 Å². The van der Waals surface area contributed by atoms with Gasteiger partial charge in [-0.25, -0.2) is 9.37 Å². The molecule has 1 heterocycles. The SMILES string of the molecule is O=C(NCC1(CO)CCC1)c1coc(COc2cccc(F)c2F)n1. The van der Waals surface area contributed by atoms with Gasteiger partial charge in [-0.05, 0) is 25.0 Å². The summed E-state index contributed by atoms with van der Waals surface area (Å²) in [5.41, 5.74) is -0.175. The number of aliphatic hydroxyl groups excluding tert-OH is 1. The summed E-state index contributed by atoms with van der Waals surface area (Å²) >= 11 is 0. The molecule has 2 aromatic rings. The molecule has 6 nitrogen and oxygen atoms in total. The van der Waals surface area contributed by atoms with E-state index in [0.29, 0.717) is 6.54 Å². The van der Waals surface area contributed by atoms with Crippen molar-refractivity contribution in [2.45, 2.75) is 25.9 Å². The number of hydrogen-bond donors (Lipinski definition) is 2. The number of aliphatic hydroxyl groups is 1. The Morgan fingerprint density at radius 2 is 2.20 bits per heavy atom. The van der Waals surface area contributed by atoms with E-state index in [1.54, 1.807) is 0 Å². The Morgan fingerprint density at radius 1 is 1.40 bits per heavy atom. The molecule has 0 radical (unpaired) electrons. The molecule has 25 heavy (non-hydrogen) atoms. The first kappa shape index (κ1) is 17.3. The molecule has 0 aliphatic heterocycles. The first-order valence-electron chi connectivity index (χ1n) is 7.93. The van der Waals surface area contributed by atoms with Gasteiger partial charge in [-0.1, -0.05) is 12.5 Å². The summed E-state index contributed by atoms with van der Waals surface area (Å²) < 4.78 is 36.8. The summed E-state index contributed by atoms with van der Waals surface area (Å²) in [5.74, 6) is -2.74. The van der Waals surface area contributed by atoms with E-state index in [1.807, 2.05) is 0 Å². The summed E-state index contributed by atoms with van der Waals surface area (Å²) in [7, 11) is 0. The van der Waals surface area contributed by atoms with E-state index in [0.717, 1.165) is 25.3 Å². The van der Waals surface area contributed by atoms with Gasteiger partial charge in [0.25, 0.3) is 5.91 Å². The first-order chi connectivity index (χ1) is 12.0. The summed E-state index contributed by atoms with van der Waals surface area (Å²) in [6.07, 6.45) is 3.96. The normalized spacial score (nSPS) is 15.5. The lowest BCUT2D eigenvalue weighted by Crippen LogP contribution is -2.44. The summed E-state index contributed by atoms with van der Waals surface area (Å²) in [4.78, 5) is 16.0. The highest BCUT2D eigenvalue weighted by Gasteiger charge is 2.36. The summed E-state index contributed by atoms with van der Waals surface area (Å²) in [6, 6.07) is 3.58. The highest BCUT2D eigenvalue weighted by atomic mass is 19.2. The van der Waals surface area contributed by atoms with Gasteiger partial charge in [0.2, 0.25) is 11.7 Å². The molecule has 1 saturated carbocycles. The average molecular weight is 352 g/mol. The maximum Gasteiger partial charge on any atom is 0.273 e. The van der Waals surface area contributed by atoms with E-state index < -0.39 is 17.5 Å². The molecule has 1 aromatic heterocycles. The Morgan fingerprint density at radius 3 is 2.88 bits per heavy atom. The minimum Gasteiger partial charge on any atom is -0.481 e. The zero-order valence-electron chi connectivity index (χ0n) is 13.4. The van der Waals surface area contributed by atoms with Crippen LogP contribution >= 0.6 is 0 Å². The van der Waals surface area contributed by atoms with Crippen molar-refractivity contribution >= 4 is 5.91 Å². The first-order valence-corrected chi connectivity index (χ1v) is 7.93. The summed E-state index contributed by atoms with van der Waals surface area (Å²) in [6.45, 7) is 0.161. The van der Waals surface area contributed by atoms with Crippen LogP contribution in [0.2, 0.25) is 0 Å². The number of hydrogen-bond acceptors (Lipinski definition) is 5. The molecule has 1 aliphatic carbocycles. The predicted octanol–water partition coefficient (Wildman–Crippen LogP) is 2.42. The molecule has 1 aromatic carbocycles. The number of amides is 1. The molecule has 0 atom stereocenters. The molecule has 0 bridgehead atoms. The molecule has 3 rings (SSSR count). The van der Waals surface area contributed by atoms with Gasteiger partial charge in [0.15, 0.2) is 23.9 Å². The van der Waals surface area contributed by atoms with Gasteiger partial charge in [-0.2, -0.15) is 4.39 Å². The van der Waals surface area contributed by atoms with Crippen molar-refractivity contribution in [3.63, 3.8) is 0 Å². The molecule has 0 spiro atoms. The van der Waals surface area contributed by atoms with Crippen LogP contribution in [-0.4, -0.2) is 29.1 Å². The number of ether oxygens (including phenoxy) is 1. The van der Waals surface area contributed by atoms with Crippen molar-refractivity contribution in [3.05, 3.63) is 47.7 Å². The quantitative estimate of drug-likeness (QED) is 0.799. The van der Waals surface area contributed by atoms with Crippen LogP contribution in [0.1, 0.15) is 35.6 Å². The molecule has 0 saturated heterocycles. The molecule has 134 valence electrons. The highest BCUT2D eigenvalue weighted by molar-refractivity contribution is 5.91. The molecule has 1 amide bonds. The van der Waals surface area contributed by atoms with Gasteiger partial charge >= 0.3 is 0 Å². The molecular weight excluding hydrogens is 334 g/mol. The van der Waals surface area contributed by atoms with Crippen LogP contribution < -0.4 is 10.1 Å². The third-order valence-electron chi connectivity index (χ3n) is 4.43. The maximum absolute atomic E-state index is 13.5. The van der Waals surface area contributed by atoms with Crippen molar-refractivity contribution in [2.24, 2.45) is 5.41 Å². The number of aromatic nitrogens is 1. The molecule has 0 unspecified atom stereocenters. The summed E-state index contributed by atoms with van der Waals surface area (Å²) in [5, 5.41) is 12.1. The van der Waals surface area contributed by atoms with Gasteiger partial charge in [0.05, 0.1) is 6.61 Å². The molecule has 8 heteroatoms. The lowest BCUT2D eigenvalue weighted by molar-refractivity contribution is 0.0428. The fraction of sp³-hybridized carbons (Fsp3) is 0.412. The third kappa shape index (κ3) is 3.79. The number of carbonyl (C=O) groups excluding carboxylic acids is 1. The van der Waals surface area contributed by atoms with E-state index in [9.17, 15) is 18.7 Å². The number of oxazole rings is 1. The molecular formula is C17H18F2N2O4. The number of benzene rings is 1. The number of halogens is 2. The topological polar surface area (TPSA) is 84.6 Å². The number of nitrogens with one attached hydrogen (secondary N) is 1. The number of rotatable bonds is 7. The Hall–Kier alpha value is -2.48. The lowest BCUT2D eigenvalue weighted by atomic mass is 9.69. The molecule has 2 N–H and O–H groups in total. The zero-order chi connectivity index (χ0) is 17.9. The smallest absolute Gasteiger partial charge is 0.273 e. The van der Waals surface area contributed by atoms with Crippen LogP contribution in [0.5, 0.6) is 5.75 Å². The third-order valence-corrected chi connectivity index (χ3v) is 4.43. The number of carbonyl (C=O) groups is 1. The van der Waals surface area contributed by atoms with Crippen molar-refractivity contribution in [1.82, 2.24) is 10.3 Å². The van der Waals surface area contributed by atoms with Gasteiger partial charge in [0.1, 0.15) is 6.26 Å². The minimum absolute atomic E-state index is 0.0321. The maximum atomic E-state index is 13.5. The second-order valence-electron chi connectivity index (χ2n) is 6.16. The second-order valence-corrected chi connectivity index (χ2v) is 6.16. The van der Waals surface area contributed by atoms with Crippen molar-refractivity contribution in [1.29, 1.82) is 0 Å². The fourth-order valence-electron chi connectivity index (χ4n) is 2.64. The Bertz CT molecular complexity index is 753. The Kier molecular flexibility index (Phi) is 4.98. The second kappa shape index (κ2) is 7.18. The monoisotopic (exact) mass is 352 g/mol. The van der Waals surface area contributed by atoms with Gasteiger partial charge < -0.3 is 19.6 Å². The Balaban J connectivity index is 1.55. The van der Waals surface area contributed by atoms with Crippen LogP contribution in [-0.2, 0) is 6.61 Å². The van der Waals surface area contributed by atoms with E-state index in [4.69, 9.17) is 9.15 Å². The zero-order valence-corrected chi connectivity index (χ0v) is 13.4. The predicted molar refractivity (Wildman–Crippen MR) is 82.9 cm³/mol. The van der Waals surface area contributed by atoms with Crippen LogP contribution in [0, 0.1) is 17.0 Å². The van der Waals surface area contributed by atoms with Crippen LogP contribution in [0.3, 0.4) is 0 Å². The van der Waals surface area contributed by atoms with Crippen LogP contribution in [0.25, 0.3) is 0 Å². The van der Waals surface area contributed by atoms with E-state index in [1.165, 1.54) is 18.4 Å². The van der Waals surface area contributed by atoms with Gasteiger partial charge in [-0.15, -0.1) is 0 Å². The average Bonchev–Trinajstić information content (AvgIpc) is 3.04. The van der Waals surface area contributed by atoms with Crippen molar-refractivity contribution < 1.29 is 27.8 Å². The molecule has 1 aliphatic rings. The fourth-order valence-corrected chi connectivity index (χ4v) is 2.64. The Labute approximate surface area is 142 Å². The highest BCUT2D eigenvalue weighted by Crippen LogP contribution is 2.39. The minimum atomic E-state index is -1.10.